The summed E-state index contributed by atoms with van der Waals surface area (Å²) in [6, 6.07) is 8.46. The molecule has 2 rings (SSSR count). The third-order valence-electron chi connectivity index (χ3n) is 2.46. The Labute approximate surface area is 92.2 Å². The van der Waals surface area contributed by atoms with E-state index in [1.165, 1.54) is 16.3 Å². The highest BCUT2D eigenvalue weighted by molar-refractivity contribution is 5.87. The summed E-state index contributed by atoms with van der Waals surface area (Å²) in [4.78, 5) is 4.38. The Kier molecular flexibility index (Phi) is 4.29. The monoisotopic (exact) mass is 201 g/mol. The van der Waals surface area contributed by atoms with Gasteiger partial charge in [0, 0.05) is 17.3 Å². The van der Waals surface area contributed by atoms with Gasteiger partial charge in [-0.3, -0.25) is 4.98 Å². The summed E-state index contributed by atoms with van der Waals surface area (Å²) in [7, 11) is 0. The molecule has 1 aromatic carbocycles. The Morgan fingerprint density at radius 2 is 1.67 bits per heavy atom. The van der Waals surface area contributed by atoms with E-state index in [9.17, 15) is 0 Å². The lowest BCUT2D eigenvalue weighted by atomic mass is 10.0. The molecule has 0 radical (unpaired) electrons. The maximum atomic E-state index is 4.38. The van der Waals surface area contributed by atoms with Crippen molar-refractivity contribution in [3.05, 3.63) is 41.7 Å². The third-order valence-corrected chi connectivity index (χ3v) is 2.46. The van der Waals surface area contributed by atoms with E-state index < -0.39 is 0 Å². The molecule has 0 atom stereocenters. The standard InChI is InChI=1S/C12H13N.C2H6/c1-3-10-8-13-9(2)11-6-4-5-7-12(10)11;1-2/h4-8H,3H2,1-2H3;1-2H3. The van der Waals surface area contributed by atoms with Crippen molar-refractivity contribution in [2.24, 2.45) is 0 Å². The van der Waals surface area contributed by atoms with Crippen LogP contribution in [0, 0.1) is 6.92 Å². The van der Waals surface area contributed by atoms with Crippen LogP contribution in [0.15, 0.2) is 30.5 Å². The molecule has 0 aliphatic carbocycles. The van der Waals surface area contributed by atoms with Crippen LogP contribution in [0.1, 0.15) is 32.0 Å². The van der Waals surface area contributed by atoms with Crippen molar-refractivity contribution in [1.82, 2.24) is 4.98 Å². The molecule has 1 nitrogen and oxygen atoms in total. The number of pyridine rings is 1. The quantitative estimate of drug-likeness (QED) is 0.676. The first-order valence-corrected chi connectivity index (χ1v) is 5.66. The molecule has 0 amide bonds. The summed E-state index contributed by atoms with van der Waals surface area (Å²) in [5, 5.41) is 2.62. The summed E-state index contributed by atoms with van der Waals surface area (Å²) in [5.41, 5.74) is 2.45. The molecule has 0 unspecified atom stereocenters. The molecule has 0 bridgehead atoms. The summed E-state index contributed by atoms with van der Waals surface area (Å²) in [6.07, 6.45) is 3.03. The average Bonchev–Trinajstić information content (AvgIpc) is 2.33. The van der Waals surface area contributed by atoms with Crippen LogP contribution in [0.2, 0.25) is 0 Å². The van der Waals surface area contributed by atoms with Crippen molar-refractivity contribution in [3.8, 4) is 0 Å². The largest absolute Gasteiger partial charge is 0.261 e. The molecule has 1 aromatic heterocycles. The smallest absolute Gasteiger partial charge is 0.0451 e. The Hall–Kier alpha value is -1.37. The van der Waals surface area contributed by atoms with E-state index in [0.717, 1.165) is 12.1 Å². The molecule has 0 fully saturated rings. The number of hydrogen-bond donors (Lipinski definition) is 0. The van der Waals surface area contributed by atoms with Gasteiger partial charge in [0.25, 0.3) is 0 Å². The molecule has 0 spiro atoms. The van der Waals surface area contributed by atoms with Gasteiger partial charge in [-0.2, -0.15) is 0 Å². The van der Waals surface area contributed by atoms with Gasteiger partial charge in [-0.25, -0.2) is 0 Å². The van der Waals surface area contributed by atoms with E-state index in [0.29, 0.717) is 0 Å². The molecular weight excluding hydrogens is 182 g/mol. The molecule has 0 saturated heterocycles. The number of benzene rings is 1. The van der Waals surface area contributed by atoms with E-state index >= 15 is 0 Å². The van der Waals surface area contributed by atoms with E-state index in [-0.39, 0.29) is 0 Å². The summed E-state index contributed by atoms with van der Waals surface area (Å²) < 4.78 is 0. The Morgan fingerprint density at radius 3 is 2.27 bits per heavy atom. The number of rotatable bonds is 1. The van der Waals surface area contributed by atoms with Crippen LogP contribution < -0.4 is 0 Å². The van der Waals surface area contributed by atoms with Gasteiger partial charge in [0.2, 0.25) is 0 Å². The second kappa shape index (κ2) is 5.50. The Bertz CT molecular complexity index is 432. The van der Waals surface area contributed by atoms with Crippen molar-refractivity contribution >= 4 is 10.8 Å². The fraction of sp³-hybridized carbons (Fsp3) is 0.357. The lowest BCUT2D eigenvalue weighted by Crippen LogP contribution is -1.89. The predicted molar refractivity (Wildman–Crippen MR) is 67.2 cm³/mol. The fourth-order valence-electron chi connectivity index (χ4n) is 1.67. The number of aryl methyl sites for hydroxylation is 2. The minimum absolute atomic E-state index is 1.05. The number of hydrogen-bond acceptors (Lipinski definition) is 1. The zero-order valence-corrected chi connectivity index (χ0v) is 10.0. The molecule has 0 N–H and O–H groups in total. The van der Waals surface area contributed by atoms with Gasteiger partial charge in [0.15, 0.2) is 0 Å². The lowest BCUT2D eigenvalue weighted by Gasteiger charge is -2.05. The first kappa shape index (κ1) is 11.7. The fourth-order valence-corrected chi connectivity index (χ4v) is 1.67. The van der Waals surface area contributed by atoms with Crippen LogP contribution in [0.3, 0.4) is 0 Å². The molecular formula is C14H19N. The zero-order chi connectivity index (χ0) is 11.3. The second-order valence-corrected chi connectivity index (χ2v) is 3.27. The average molecular weight is 201 g/mol. The van der Waals surface area contributed by atoms with Crippen LogP contribution in [0.25, 0.3) is 10.8 Å². The van der Waals surface area contributed by atoms with Gasteiger partial charge in [0.05, 0.1) is 0 Å². The second-order valence-electron chi connectivity index (χ2n) is 3.27. The van der Waals surface area contributed by atoms with Gasteiger partial charge in [-0.05, 0) is 24.3 Å². The summed E-state index contributed by atoms with van der Waals surface area (Å²) in [6.45, 7) is 8.22. The van der Waals surface area contributed by atoms with Crippen LogP contribution in [-0.2, 0) is 6.42 Å². The molecule has 0 saturated carbocycles. The maximum Gasteiger partial charge on any atom is 0.0451 e. The molecule has 1 heterocycles. The molecule has 2 aromatic rings. The lowest BCUT2D eigenvalue weighted by molar-refractivity contribution is 1.11. The SMILES string of the molecule is CC.CCc1cnc(C)c2ccccc12. The van der Waals surface area contributed by atoms with Gasteiger partial charge in [-0.1, -0.05) is 45.0 Å². The number of nitrogens with zero attached hydrogens (tertiary/aromatic N) is 1. The maximum absolute atomic E-state index is 4.38. The van der Waals surface area contributed by atoms with Crippen molar-refractivity contribution in [2.75, 3.05) is 0 Å². The number of aromatic nitrogens is 1. The highest BCUT2D eigenvalue weighted by atomic mass is 14.7. The van der Waals surface area contributed by atoms with Gasteiger partial charge in [0.1, 0.15) is 0 Å². The van der Waals surface area contributed by atoms with Crippen LogP contribution >= 0.6 is 0 Å². The van der Waals surface area contributed by atoms with E-state index in [1.807, 2.05) is 20.0 Å². The van der Waals surface area contributed by atoms with E-state index in [2.05, 4.69) is 43.1 Å². The molecule has 80 valence electrons. The summed E-state index contributed by atoms with van der Waals surface area (Å²) >= 11 is 0. The summed E-state index contributed by atoms with van der Waals surface area (Å²) in [5.74, 6) is 0. The van der Waals surface area contributed by atoms with Gasteiger partial charge >= 0.3 is 0 Å². The molecule has 15 heavy (non-hydrogen) atoms. The topological polar surface area (TPSA) is 12.9 Å². The predicted octanol–water partition coefficient (Wildman–Crippen LogP) is 4.13. The van der Waals surface area contributed by atoms with Gasteiger partial charge < -0.3 is 0 Å². The van der Waals surface area contributed by atoms with E-state index in [1.54, 1.807) is 0 Å². The minimum atomic E-state index is 1.05. The first-order valence-electron chi connectivity index (χ1n) is 5.66. The highest BCUT2D eigenvalue weighted by Gasteiger charge is 2.01. The number of fused-ring (bicyclic) bond motifs is 1. The van der Waals surface area contributed by atoms with Crippen LogP contribution in [0.5, 0.6) is 0 Å². The highest BCUT2D eigenvalue weighted by Crippen LogP contribution is 2.20. The minimum Gasteiger partial charge on any atom is -0.261 e. The molecule has 1 heteroatoms. The van der Waals surface area contributed by atoms with Crippen LogP contribution in [-0.4, -0.2) is 4.98 Å². The van der Waals surface area contributed by atoms with Crippen LogP contribution in [0.4, 0.5) is 0 Å². The zero-order valence-electron chi connectivity index (χ0n) is 10.0. The molecule has 0 aliphatic heterocycles. The first-order chi connectivity index (χ1) is 7.33. The van der Waals surface area contributed by atoms with Crippen molar-refractivity contribution in [2.45, 2.75) is 34.1 Å². The Balaban J connectivity index is 0.000000531. The van der Waals surface area contributed by atoms with E-state index in [4.69, 9.17) is 0 Å². The van der Waals surface area contributed by atoms with Crippen molar-refractivity contribution in [3.63, 3.8) is 0 Å². The van der Waals surface area contributed by atoms with Crippen molar-refractivity contribution in [1.29, 1.82) is 0 Å². The third kappa shape index (κ3) is 2.35. The van der Waals surface area contributed by atoms with Crippen molar-refractivity contribution < 1.29 is 0 Å². The Morgan fingerprint density at radius 1 is 1.07 bits per heavy atom. The normalized spacial score (nSPS) is 9.60. The molecule has 0 aliphatic rings. The van der Waals surface area contributed by atoms with Gasteiger partial charge in [-0.15, -0.1) is 0 Å².